The van der Waals surface area contributed by atoms with Gasteiger partial charge in [-0.2, -0.15) is 5.10 Å². The van der Waals surface area contributed by atoms with Gasteiger partial charge in [-0.05, 0) is 18.9 Å². The van der Waals surface area contributed by atoms with Gasteiger partial charge in [-0.15, -0.1) is 0 Å². The van der Waals surface area contributed by atoms with Gasteiger partial charge in [0, 0.05) is 19.3 Å². The van der Waals surface area contributed by atoms with Crippen molar-refractivity contribution in [2.24, 2.45) is 0 Å². The maximum Gasteiger partial charge on any atom is 0.251 e. The third kappa shape index (κ3) is 5.24. The molecule has 0 radical (unpaired) electrons. The van der Waals surface area contributed by atoms with Crippen molar-refractivity contribution in [3.8, 4) is 0 Å². The first-order valence-electron chi connectivity index (χ1n) is 6.76. The lowest BCUT2D eigenvalue weighted by atomic mass is 10.2. The van der Waals surface area contributed by atoms with Crippen molar-refractivity contribution in [2.45, 2.75) is 45.7 Å². The molecule has 1 rings (SSSR count). The van der Waals surface area contributed by atoms with Crippen molar-refractivity contribution >= 4 is 0 Å². The van der Waals surface area contributed by atoms with E-state index in [1.165, 1.54) is 4.90 Å². The highest BCUT2D eigenvalue weighted by Gasteiger charge is 2.14. The Morgan fingerprint density at radius 2 is 2.05 bits per heavy atom. The molecule has 0 unspecified atom stereocenters. The zero-order chi connectivity index (χ0) is 14.3. The van der Waals surface area contributed by atoms with E-state index in [9.17, 15) is 8.78 Å². The Kier molecular flexibility index (Phi) is 6.94. The predicted molar refractivity (Wildman–Crippen MR) is 70.2 cm³/mol. The first kappa shape index (κ1) is 16.0. The molecule has 0 bridgehead atoms. The fourth-order valence-corrected chi connectivity index (χ4v) is 2.13. The minimum Gasteiger partial charge on any atom is -0.395 e. The summed E-state index contributed by atoms with van der Waals surface area (Å²) < 4.78 is 26.7. The first-order chi connectivity index (χ1) is 9.10. The van der Waals surface area contributed by atoms with Crippen LogP contribution < -0.4 is 0 Å². The largest absolute Gasteiger partial charge is 0.395 e. The van der Waals surface area contributed by atoms with Crippen LogP contribution in [0.2, 0.25) is 0 Å². The lowest BCUT2D eigenvalue weighted by Gasteiger charge is -2.19. The quantitative estimate of drug-likeness (QED) is 0.752. The summed E-state index contributed by atoms with van der Waals surface area (Å²) in [6.07, 6.45) is 1.49. The number of aliphatic hydroxyl groups excluding tert-OH is 1. The molecule has 0 saturated carbocycles. The van der Waals surface area contributed by atoms with Gasteiger partial charge in [0.1, 0.15) is 0 Å². The summed E-state index contributed by atoms with van der Waals surface area (Å²) in [6, 6.07) is 2.21. The van der Waals surface area contributed by atoms with Gasteiger partial charge in [-0.3, -0.25) is 9.58 Å². The molecule has 0 aliphatic carbocycles. The standard InChI is InChI=1S/C13H23F2N3O/c1-3-12(4-2)18-6-5-11(16-18)9-17(7-8-19)10-13(14)15/h5-6,12-13,19H,3-4,7-10H2,1-2H3. The zero-order valence-corrected chi connectivity index (χ0v) is 11.6. The summed E-state index contributed by atoms with van der Waals surface area (Å²) in [4.78, 5) is 1.52. The average Bonchev–Trinajstić information content (AvgIpc) is 2.78. The fourth-order valence-electron chi connectivity index (χ4n) is 2.13. The summed E-state index contributed by atoms with van der Waals surface area (Å²) in [6.45, 7) is 4.33. The molecule has 4 nitrogen and oxygen atoms in total. The van der Waals surface area contributed by atoms with E-state index in [0.717, 1.165) is 18.5 Å². The van der Waals surface area contributed by atoms with Gasteiger partial charge in [0.15, 0.2) is 0 Å². The fraction of sp³-hybridized carbons (Fsp3) is 0.769. The smallest absolute Gasteiger partial charge is 0.251 e. The van der Waals surface area contributed by atoms with Gasteiger partial charge < -0.3 is 5.11 Å². The molecule has 0 saturated heterocycles. The molecule has 1 aromatic heterocycles. The summed E-state index contributed by atoms with van der Waals surface area (Å²) in [5.74, 6) is 0. The summed E-state index contributed by atoms with van der Waals surface area (Å²) in [5.41, 5.74) is 0.765. The molecule has 0 fully saturated rings. The van der Waals surface area contributed by atoms with Crippen LogP contribution in [0.4, 0.5) is 8.78 Å². The average molecular weight is 275 g/mol. The minimum absolute atomic E-state index is 0.125. The van der Waals surface area contributed by atoms with Crippen molar-refractivity contribution < 1.29 is 13.9 Å². The second kappa shape index (κ2) is 8.22. The third-order valence-corrected chi connectivity index (χ3v) is 3.18. The number of aliphatic hydroxyl groups is 1. The topological polar surface area (TPSA) is 41.3 Å². The van der Waals surface area contributed by atoms with Gasteiger partial charge in [0.2, 0.25) is 0 Å². The van der Waals surface area contributed by atoms with Crippen LogP contribution >= 0.6 is 0 Å². The Balaban J connectivity index is 2.64. The minimum atomic E-state index is -2.40. The van der Waals surface area contributed by atoms with Gasteiger partial charge in [0.25, 0.3) is 6.43 Å². The van der Waals surface area contributed by atoms with Crippen molar-refractivity contribution in [1.82, 2.24) is 14.7 Å². The number of halogens is 2. The molecule has 110 valence electrons. The van der Waals surface area contributed by atoms with E-state index < -0.39 is 6.43 Å². The lowest BCUT2D eigenvalue weighted by molar-refractivity contribution is 0.0739. The van der Waals surface area contributed by atoms with Crippen LogP contribution in [0.5, 0.6) is 0 Å². The molecule has 1 N–H and O–H groups in total. The molecule has 0 aliphatic rings. The number of hydrogen-bond donors (Lipinski definition) is 1. The van der Waals surface area contributed by atoms with Crippen molar-refractivity contribution in [1.29, 1.82) is 0 Å². The van der Waals surface area contributed by atoms with Gasteiger partial charge >= 0.3 is 0 Å². The molecule has 0 spiro atoms. The van der Waals surface area contributed by atoms with Crippen LogP contribution in [-0.2, 0) is 6.54 Å². The monoisotopic (exact) mass is 275 g/mol. The second-order valence-corrected chi connectivity index (χ2v) is 4.61. The first-order valence-corrected chi connectivity index (χ1v) is 6.76. The maximum atomic E-state index is 12.4. The number of nitrogens with zero attached hydrogens (tertiary/aromatic N) is 3. The number of hydrogen-bond acceptors (Lipinski definition) is 3. The van der Waals surface area contributed by atoms with E-state index in [0.29, 0.717) is 12.6 Å². The van der Waals surface area contributed by atoms with E-state index in [1.54, 1.807) is 0 Å². The molecular weight excluding hydrogens is 252 g/mol. The van der Waals surface area contributed by atoms with E-state index in [-0.39, 0.29) is 19.7 Å². The molecule has 1 heterocycles. The van der Waals surface area contributed by atoms with E-state index in [4.69, 9.17) is 5.11 Å². The molecule has 6 heteroatoms. The van der Waals surface area contributed by atoms with Crippen LogP contribution in [0.3, 0.4) is 0 Å². The third-order valence-electron chi connectivity index (χ3n) is 3.18. The van der Waals surface area contributed by atoms with Gasteiger partial charge in [-0.1, -0.05) is 13.8 Å². The van der Waals surface area contributed by atoms with Crippen LogP contribution in [0.15, 0.2) is 12.3 Å². The number of alkyl halides is 2. The summed E-state index contributed by atoms with van der Waals surface area (Å²) in [5, 5.41) is 13.3. The van der Waals surface area contributed by atoms with Crippen LogP contribution in [0, 0.1) is 0 Å². The van der Waals surface area contributed by atoms with Crippen LogP contribution in [0.25, 0.3) is 0 Å². The lowest BCUT2D eigenvalue weighted by Crippen LogP contribution is -2.31. The van der Waals surface area contributed by atoms with Crippen LogP contribution in [-0.4, -0.2) is 45.9 Å². The highest BCUT2D eigenvalue weighted by Crippen LogP contribution is 2.15. The van der Waals surface area contributed by atoms with E-state index in [2.05, 4.69) is 18.9 Å². The second-order valence-electron chi connectivity index (χ2n) is 4.61. The molecule has 19 heavy (non-hydrogen) atoms. The Bertz CT molecular complexity index is 353. The molecule has 0 aromatic carbocycles. The highest BCUT2D eigenvalue weighted by molar-refractivity contribution is 4.99. The van der Waals surface area contributed by atoms with Gasteiger partial charge in [0.05, 0.1) is 24.9 Å². The summed E-state index contributed by atoms with van der Waals surface area (Å²) >= 11 is 0. The predicted octanol–water partition coefficient (Wildman–Crippen LogP) is 2.30. The molecule has 0 amide bonds. The van der Waals surface area contributed by atoms with Crippen molar-refractivity contribution in [3.63, 3.8) is 0 Å². The van der Waals surface area contributed by atoms with E-state index >= 15 is 0 Å². The SMILES string of the molecule is CCC(CC)n1ccc(CN(CCO)CC(F)F)n1. The maximum absolute atomic E-state index is 12.4. The van der Waals surface area contributed by atoms with Gasteiger partial charge in [-0.25, -0.2) is 8.78 Å². The molecule has 1 aromatic rings. The Morgan fingerprint density at radius 3 is 2.58 bits per heavy atom. The zero-order valence-electron chi connectivity index (χ0n) is 11.6. The Labute approximate surface area is 113 Å². The van der Waals surface area contributed by atoms with Crippen molar-refractivity contribution in [2.75, 3.05) is 19.7 Å². The number of rotatable bonds is 9. The molecule has 0 aliphatic heterocycles. The van der Waals surface area contributed by atoms with Crippen LogP contribution in [0.1, 0.15) is 38.4 Å². The van der Waals surface area contributed by atoms with E-state index in [1.807, 2.05) is 16.9 Å². The van der Waals surface area contributed by atoms with Crippen molar-refractivity contribution in [3.05, 3.63) is 18.0 Å². The Morgan fingerprint density at radius 1 is 1.37 bits per heavy atom. The number of aromatic nitrogens is 2. The normalized spacial score (nSPS) is 12.0. The molecule has 0 atom stereocenters. The summed E-state index contributed by atoms with van der Waals surface area (Å²) in [7, 11) is 0. The highest BCUT2D eigenvalue weighted by atomic mass is 19.3. The Hall–Kier alpha value is -1.01. The molecular formula is C13H23F2N3O.